The number of anilines is 2. The smallest absolute Gasteiger partial charge is 0.167 e. The number of carbonyl (C=O) groups excluding carboxylic acids is 1. The maximum atomic E-state index is 12.5. The Morgan fingerprint density at radius 2 is 1.75 bits per heavy atom. The molecule has 0 aliphatic carbocycles. The summed E-state index contributed by atoms with van der Waals surface area (Å²) in [5.74, 6) is 1.25. The fourth-order valence-electron chi connectivity index (χ4n) is 2.47. The van der Waals surface area contributed by atoms with Gasteiger partial charge in [0.25, 0.3) is 0 Å². The first-order chi connectivity index (χ1) is 11.6. The van der Waals surface area contributed by atoms with E-state index in [4.69, 9.17) is 16.2 Å². The second-order valence-electron chi connectivity index (χ2n) is 5.32. The Morgan fingerprint density at radius 1 is 1.08 bits per heavy atom. The van der Waals surface area contributed by atoms with Crippen molar-refractivity contribution in [2.45, 2.75) is 6.42 Å². The summed E-state index contributed by atoms with van der Waals surface area (Å²) < 4.78 is 6.64. The number of carbonyl (C=O) groups is 1. The number of nitrogens with zero attached hydrogens (tertiary/aromatic N) is 2. The Kier molecular flexibility index (Phi) is 4.20. The molecule has 0 spiro atoms. The molecule has 122 valence electrons. The maximum Gasteiger partial charge on any atom is 0.167 e. The highest BCUT2D eigenvalue weighted by atomic mass is 16.5. The molecule has 1 aromatic heterocycles. The second kappa shape index (κ2) is 6.45. The molecule has 1 heterocycles. The van der Waals surface area contributed by atoms with E-state index in [9.17, 15) is 4.79 Å². The summed E-state index contributed by atoms with van der Waals surface area (Å²) in [4.78, 5) is 12.5. The number of hydrogen-bond acceptors (Lipinski definition) is 5. The SMILES string of the molecule is COc1ccc(C(=O)Cc2c(N)nn(-c3ccccc3)c2N)cc1. The van der Waals surface area contributed by atoms with Gasteiger partial charge in [-0.2, -0.15) is 0 Å². The maximum absolute atomic E-state index is 12.5. The lowest BCUT2D eigenvalue weighted by atomic mass is 10.0. The van der Waals surface area contributed by atoms with Crippen molar-refractivity contribution in [3.8, 4) is 11.4 Å². The summed E-state index contributed by atoms with van der Waals surface area (Å²) >= 11 is 0. The Hall–Kier alpha value is -3.28. The van der Waals surface area contributed by atoms with Gasteiger partial charge in [-0.25, -0.2) is 4.68 Å². The Bertz CT molecular complexity index is 855. The number of Topliss-reactive ketones (excluding diaryl/α,β-unsaturated/α-hetero) is 1. The lowest BCUT2D eigenvalue weighted by Crippen LogP contribution is -2.08. The van der Waals surface area contributed by atoms with Crippen LogP contribution in [0.15, 0.2) is 54.6 Å². The number of rotatable bonds is 5. The van der Waals surface area contributed by atoms with E-state index >= 15 is 0 Å². The number of hydrogen-bond donors (Lipinski definition) is 2. The van der Waals surface area contributed by atoms with Crippen LogP contribution in [0.5, 0.6) is 5.75 Å². The zero-order valence-electron chi connectivity index (χ0n) is 13.3. The molecule has 6 nitrogen and oxygen atoms in total. The van der Waals surface area contributed by atoms with Gasteiger partial charge in [0.15, 0.2) is 11.6 Å². The molecule has 0 saturated heterocycles. The molecule has 3 rings (SSSR count). The van der Waals surface area contributed by atoms with Crippen molar-refractivity contribution in [2.24, 2.45) is 0 Å². The molecule has 0 aliphatic rings. The van der Waals surface area contributed by atoms with Crippen molar-refractivity contribution in [3.05, 3.63) is 65.7 Å². The van der Waals surface area contributed by atoms with Crippen molar-refractivity contribution in [2.75, 3.05) is 18.6 Å². The lowest BCUT2D eigenvalue weighted by Gasteiger charge is -2.05. The molecule has 3 aromatic rings. The molecule has 2 aromatic carbocycles. The molecule has 6 heteroatoms. The van der Waals surface area contributed by atoms with Crippen molar-refractivity contribution < 1.29 is 9.53 Å². The summed E-state index contributed by atoms with van der Waals surface area (Å²) in [7, 11) is 1.58. The average molecular weight is 322 g/mol. The first kappa shape index (κ1) is 15.6. The van der Waals surface area contributed by atoms with Crippen LogP contribution in [0.25, 0.3) is 5.69 Å². The van der Waals surface area contributed by atoms with Crippen LogP contribution in [0.3, 0.4) is 0 Å². The van der Waals surface area contributed by atoms with Gasteiger partial charge in [0.1, 0.15) is 11.6 Å². The molecule has 0 unspecified atom stereocenters. The van der Waals surface area contributed by atoms with Gasteiger partial charge >= 0.3 is 0 Å². The number of ether oxygens (including phenoxy) is 1. The molecular weight excluding hydrogens is 304 g/mol. The van der Waals surface area contributed by atoms with Crippen LogP contribution >= 0.6 is 0 Å². The van der Waals surface area contributed by atoms with Gasteiger partial charge in [0.2, 0.25) is 0 Å². The Morgan fingerprint density at radius 3 is 2.38 bits per heavy atom. The van der Waals surface area contributed by atoms with E-state index in [0.29, 0.717) is 22.7 Å². The van der Waals surface area contributed by atoms with Crippen molar-refractivity contribution in [3.63, 3.8) is 0 Å². The number of aromatic nitrogens is 2. The quantitative estimate of drug-likeness (QED) is 0.703. The Labute approximate surface area is 139 Å². The molecule has 0 fully saturated rings. The molecule has 4 N–H and O–H groups in total. The van der Waals surface area contributed by atoms with E-state index in [2.05, 4.69) is 5.10 Å². The average Bonchev–Trinajstić information content (AvgIpc) is 2.90. The molecule has 0 bridgehead atoms. The van der Waals surface area contributed by atoms with Gasteiger partial charge in [-0.3, -0.25) is 4.79 Å². The number of nitrogens with two attached hydrogens (primary N) is 2. The van der Waals surface area contributed by atoms with Gasteiger partial charge in [-0.15, -0.1) is 5.10 Å². The zero-order chi connectivity index (χ0) is 17.1. The summed E-state index contributed by atoms with van der Waals surface area (Å²) in [6.07, 6.45) is 0.0941. The van der Waals surface area contributed by atoms with Crippen molar-refractivity contribution in [1.29, 1.82) is 0 Å². The minimum absolute atomic E-state index is 0.0799. The second-order valence-corrected chi connectivity index (χ2v) is 5.32. The molecule has 0 amide bonds. The Balaban J connectivity index is 1.87. The minimum atomic E-state index is -0.0799. The van der Waals surface area contributed by atoms with Gasteiger partial charge in [0, 0.05) is 17.5 Å². The van der Waals surface area contributed by atoms with Crippen LogP contribution in [0.2, 0.25) is 0 Å². The van der Waals surface area contributed by atoms with E-state index < -0.39 is 0 Å². The van der Waals surface area contributed by atoms with Crippen LogP contribution in [-0.4, -0.2) is 22.7 Å². The molecule has 0 aliphatic heterocycles. The van der Waals surface area contributed by atoms with Gasteiger partial charge in [-0.05, 0) is 36.4 Å². The van der Waals surface area contributed by atoms with E-state index in [-0.39, 0.29) is 18.0 Å². The van der Waals surface area contributed by atoms with Crippen molar-refractivity contribution >= 4 is 17.4 Å². The number of nitrogen functional groups attached to an aromatic ring is 2. The third-order valence-corrected chi connectivity index (χ3v) is 3.80. The summed E-state index contributed by atoms with van der Waals surface area (Å²) in [5, 5.41) is 4.25. The highest BCUT2D eigenvalue weighted by Gasteiger charge is 2.18. The number of para-hydroxylation sites is 1. The monoisotopic (exact) mass is 322 g/mol. The van der Waals surface area contributed by atoms with Gasteiger partial charge in [-0.1, -0.05) is 18.2 Å². The van der Waals surface area contributed by atoms with Crippen LogP contribution in [0, 0.1) is 0 Å². The first-order valence-corrected chi connectivity index (χ1v) is 7.45. The first-order valence-electron chi connectivity index (χ1n) is 7.45. The highest BCUT2D eigenvalue weighted by Crippen LogP contribution is 2.24. The van der Waals surface area contributed by atoms with E-state index in [0.717, 1.165) is 5.69 Å². The van der Waals surface area contributed by atoms with Crippen LogP contribution in [0.1, 0.15) is 15.9 Å². The fraction of sp³-hybridized carbons (Fsp3) is 0.111. The third-order valence-electron chi connectivity index (χ3n) is 3.80. The van der Waals surface area contributed by atoms with E-state index in [1.54, 1.807) is 36.1 Å². The number of methoxy groups -OCH3 is 1. The minimum Gasteiger partial charge on any atom is -0.497 e. The molecule has 0 saturated carbocycles. The lowest BCUT2D eigenvalue weighted by molar-refractivity contribution is 0.0993. The molecular formula is C18H18N4O2. The predicted molar refractivity (Wildman–Crippen MR) is 93.4 cm³/mol. The predicted octanol–water partition coefficient (Wildman–Crippen LogP) is 2.47. The van der Waals surface area contributed by atoms with Gasteiger partial charge < -0.3 is 16.2 Å². The van der Waals surface area contributed by atoms with Crippen LogP contribution < -0.4 is 16.2 Å². The summed E-state index contributed by atoms with van der Waals surface area (Å²) in [6.45, 7) is 0. The van der Waals surface area contributed by atoms with E-state index in [1.165, 1.54) is 0 Å². The van der Waals surface area contributed by atoms with Crippen LogP contribution in [0.4, 0.5) is 11.6 Å². The summed E-state index contributed by atoms with van der Waals surface area (Å²) in [6, 6.07) is 16.3. The molecule has 24 heavy (non-hydrogen) atoms. The fourth-order valence-corrected chi connectivity index (χ4v) is 2.47. The number of benzene rings is 2. The molecule has 0 radical (unpaired) electrons. The normalized spacial score (nSPS) is 10.5. The zero-order valence-corrected chi connectivity index (χ0v) is 13.3. The van der Waals surface area contributed by atoms with Gasteiger partial charge in [0.05, 0.1) is 12.8 Å². The van der Waals surface area contributed by atoms with Crippen molar-refractivity contribution in [1.82, 2.24) is 9.78 Å². The molecule has 0 atom stereocenters. The highest BCUT2D eigenvalue weighted by molar-refractivity contribution is 5.98. The summed E-state index contributed by atoms with van der Waals surface area (Å²) in [5.41, 5.74) is 14.0. The third kappa shape index (κ3) is 2.94. The standard InChI is InChI=1S/C18H18N4O2/c1-24-14-9-7-12(8-10-14)16(23)11-15-17(19)21-22(18(15)20)13-5-3-2-4-6-13/h2-10H,11,20H2,1H3,(H2,19,21). The topological polar surface area (TPSA) is 96.2 Å². The largest absolute Gasteiger partial charge is 0.497 e. The van der Waals surface area contributed by atoms with Crippen LogP contribution in [-0.2, 0) is 6.42 Å². The van der Waals surface area contributed by atoms with E-state index in [1.807, 2.05) is 30.3 Å². The number of ketones is 1.